The smallest absolute Gasteiger partial charge is 0.190 e. The number of nitrogens with zero attached hydrogens (tertiary/aromatic N) is 1. The molecule has 0 aliphatic rings. The SMILES string of the molecule is CCCNC(=NC)NCCCOCC(C)C.I. The van der Waals surface area contributed by atoms with Gasteiger partial charge in [-0.3, -0.25) is 4.99 Å². The summed E-state index contributed by atoms with van der Waals surface area (Å²) in [6, 6.07) is 0. The van der Waals surface area contributed by atoms with Crippen LogP contribution >= 0.6 is 24.0 Å². The number of hydrogen-bond acceptors (Lipinski definition) is 2. The molecule has 0 heterocycles. The third-order valence-corrected chi connectivity index (χ3v) is 1.98. The Bertz CT molecular complexity index is 187. The Morgan fingerprint density at radius 1 is 1.24 bits per heavy atom. The van der Waals surface area contributed by atoms with Crippen LogP contribution in [0.5, 0.6) is 0 Å². The largest absolute Gasteiger partial charge is 0.381 e. The zero-order valence-corrected chi connectivity index (χ0v) is 13.9. The van der Waals surface area contributed by atoms with Gasteiger partial charge in [0.2, 0.25) is 0 Å². The van der Waals surface area contributed by atoms with Crippen molar-refractivity contribution in [2.24, 2.45) is 10.9 Å². The highest BCUT2D eigenvalue weighted by molar-refractivity contribution is 14.0. The van der Waals surface area contributed by atoms with Gasteiger partial charge >= 0.3 is 0 Å². The minimum Gasteiger partial charge on any atom is -0.381 e. The Labute approximate surface area is 123 Å². The van der Waals surface area contributed by atoms with Crippen molar-refractivity contribution >= 4 is 29.9 Å². The number of guanidine groups is 1. The fraction of sp³-hybridized carbons (Fsp3) is 0.917. The predicted molar refractivity (Wildman–Crippen MR) is 85.3 cm³/mol. The maximum absolute atomic E-state index is 5.49. The van der Waals surface area contributed by atoms with E-state index in [1.807, 2.05) is 0 Å². The van der Waals surface area contributed by atoms with Crippen LogP contribution < -0.4 is 10.6 Å². The van der Waals surface area contributed by atoms with E-state index >= 15 is 0 Å². The topological polar surface area (TPSA) is 45.7 Å². The molecule has 17 heavy (non-hydrogen) atoms. The van der Waals surface area contributed by atoms with Crippen molar-refractivity contribution in [2.45, 2.75) is 33.6 Å². The lowest BCUT2D eigenvalue weighted by molar-refractivity contribution is 0.108. The van der Waals surface area contributed by atoms with E-state index in [4.69, 9.17) is 4.74 Å². The molecular weight excluding hydrogens is 329 g/mol. The minimum atomic E-state index is 0. The van der Waals surface area contributed by atoms with Gasteiger partial charge in [0.25, 0.3) is 0 Å². The second-order valence-corrected chi connectivity index (χ2v) is 4.25. The van der Waals surface area contributed by atoms with Crippen LogP contribution in [0.3, 0.4) is 0 Å². The van der Waals surface area contributed by atoms with Crippen molar-refractivity contribution in [3.8, 4) is 0 Å². The third kappa shape index (κ3) is 13.9. The molecule has 0 aromatic carbocycles. The van der Waals surface area contributed by atoms with E-state index < -0.39 is 0 Å². The van der Waals surface area contributed by atoms with Crippen LogP contribution in [0.15, 0.2) is 4.99 Å². The summed E-state index contributed by atoms with van der Waals surface area (Å²) >= 11 is 0. The molecule has 0 radical (unpaired) electrons. The lowest BCUT2D eigenvalue weighted by Crippen LogP contribution is -2.38. The van der Waals surface area contributed by atoms with Gasteiger partial charge in [0.15, 0.2) is 5.96 Å². The maximum atomic E-state index is 5.49. The molecule has 4 nitrogen and oxygen atoms in total. The highest BCUT2D eigenvalue weighted by Crippen LogP contribution is 1.92. The molecule has 0 aliphatic heterocycles. The standard InChI is InChI=1S/C12H27N3O.HI/c1-5-7-14-12(13-4)15-8-6-9-16-10-11(2)3;/h11H,5-10H2,1-4H3,(H2,13,14,15);1H. The fourth-order valence-corrected chi connectivity index (χ4v) is 1.16. The van der Waals surface area contributed by atoms with Crippen molar-refractivity contribution in [2.75, 3.05) is 33.4 Å². The van der Waals surface area contributed by atoms with Gasteiger partial charge in [-0.25, -0.2) is 0 Å². The number of halogens is 1. The van der Waals surface area contributed by atoms with Crippen molar-refractivity contribution in [1.82, 2.24) is 10.6 Å². The lowest BCUT2D eigenvalue weighted by Gasteiger charge is -2.11. The molecule has 0 saturated carbocycles. The molecule has 0 saturated heterocycles. The summed E-state index contributed by atoms with van der Waals surface area (Å²) < 4.78 is 5.49. The van der Waals surface area contributed by atoms with Crippen LogP contribution in [0.2, 0.25) is 0 Å². The summed E-state index contributed by atoms with van der Waals surface area (Å²) in [6.07, 6.45) is 2.12. The molecular formula is C12H28IN3O. The summed E-state index contributed by atoms with van der Waals surface area (Å²) in [5, 5.41) is 6.48. The zero-order chi connectivity index (χ0) is 12.2. The van der Waals surface area contributed by atoms with Crippen LogP contribution in [0.25, 0.3) is 0 Å². The van der Waals surface area contributed by atoms with E-state index in [9.17, 15) is 0 Å². The number of hydrogen-bond donors (Lipinski definition) is 2. The third-order valence-electron chi connectivity index (χ3n) is 1.98. The van der Waals surface area contributed by atoms with Gasteiger partial charge in [0.1, 0.15) is 0 Å². The zero-order valence-electron chi connectivity index (χ0n) is 11.6. The van der Waals surface area contributed by atoms with Gasteiger partial charge in [0, 0.05) is 33.4 Å². The highest BCUT2D eigenvalue weighted by atomic mass is 127. The molecule has 0 bridgehead atoms. The van der Waals surface area contributed by atoms with Crippen molar-refractivity contribution < 1.29 is 4.74 Å². The van der Waals surface area contributed by atoms with E-state index in [2.05, 4.69) is 36.4 Å². The molecule has 0 aliphatic carbocycles. The van der Waals surface area contributed by atoms with Gasteiger partial charge in [-0.2, -0.15) is 0 Å². The van der Waals surface area contributed by atoms with Crippen LogP contribution in [-0.4, -0.2) is 39.3 Å². The lowest BCUT2D eigenvalue weighted by atomic mass is 10.2. The predicted octanol–water partition coefficient (Wildman–Crippen LogP) is 2.24. The van der Waals surface area contributed by atoms with E-state index in [0.29, 0.717) is 5.92 Å². The Morgan fingerprint density at radius 2 is 1.88 bits per heavy atom. The monoisotopic (exact) mass is 357 g/mol. The number of nitrogens with one attached hydrogen (secondary N) is 2. The first-order chi connectivity index (χ1) is 7.70. The quantitative estimate of drug-likeness (QED) is 0.303. The van der Waals surface area contributed by atoms with Gasteiger partial charge in [-0.05, 0) is 18.8 Å². The molecule has 0 atom stereocenters. The van der Waals surface area contributed by atoms with Crippen LogP contribution in [-0.2, 0) is 4.74 Å². The molecule has 0 aromatic heterocycles. The summed E-state index contributed by atoms with van der Waals surface area (Å²) in [7, 11) is 1.79. The average Bonchev–Trinajstić information content (AvgIpc) is 2.26. The Balaban J connectivity index is 0. The Hall–Kier alpha value is -0.0400. The number of rotatable bonds is 8. The van der Waals surface area contributed by atoms with Crippen molar-refractivity contribution in [1.29, 1.82) is 0 Å². The highest BCUT2D eigenvalue weighted by Gasteiger charge is 1.96. The first kappa shape index (κ1) is 19.3. The normalized spacial score (nSPS) is 11.2. The maximum Gasteiger partial charge on any atom is 0.190 e. The molecule has 0 fully saturated rings. The Morgan fingerprint density at radius 3 is 2.41 bits per heavy atom. The first-order valence-electron chi connectivity index (χ1n) is 6.23. The number of aliphatic imine (C=N–C) groups is 1. The van der Waals surface area contributed by atoms with E-state index in [1.54, 1.807) is 7.05 Å². The molecule has 0 unspecified atom stereocenters. The summed E-state index contributed by atoms with van der Waals surface area (Å²) in [4.78, 5) is 4.13. The van der Waals surface area contributed by atoms with Gasteiger partial charge in [-0.15, -0.1) is 24.0 Å². The van der Waals surface area contributed by atoms with E-state index in [0.717, 1.165) is 45.1 Å². The van der Waals surface area contributed by atoms with Gasteiger partial charge in [0.05, 0.1) is 0 Å². The van der Waals surface area contributed by atoms with Crippen LogP contribution in [0, 0.1) is 5.92 Å². The molecule has 5 heteroatoms. The van der Waals surface area contributed by atoms with Gasteiger partial charge < -0.3 is 15.4 Å². The summed E-state index contributed by atoms with van der Waals surface area (Å²) in [6.45, 7) is 9.99. The average molecular weight is 357 g/mol. The molecule has 2 N–H and O–H groups in total. The molecule has 0 rings (SSSR count). The molecule has 0 spiro atoms. The van der Waals surface area contributed by atoms with Crippen LogP contribution in [0.4, 0.5) is 0 Å². The van der Waals surface area contributed by atoms with Crippen molar-refractivity contribution in [3.05, 3.63) is 0 Å². The molecule has 0 aromatic rings. The van der Waals surface area contributed by atoms with E-state index in [1.165, 1.54) is 0 Å². The molecule has 104 valence electrons. The van der Waals surface area contributed by atoms with Crippen LogP contribution in [0.1, 0.15) is 33.6 Å². The van der Waals surface area contributed by atoms with E-state index in [-0.39, 0.29) is 24.0 Å². The van der Waals surface area contributed by atoms with Crippen molar-refractivity contribution in [3.63, 3.8) is 0 Å². The fourth-order valence-electron chi connectivity index (χ4n) is 1.16. The summed E-state index contributed by atoms with van der Waals surface area (Å²) in [5.41, 5.74) is 0. The second-order valence-electron chi connectivity index (χ2n) is 4.25. The molecule has 0 amide bonds. The first-order valence-corrected chi connectivity index (χ1v) is 6.23. The minimum absolute atomic E-state index is 0. The Kier molecular flexibility index (Phi) is 15.9. The summed E-state index contributed by atoms with van der Waals surface area (Å²) in [5.74, 6) is 1.50. The van der Waals surface area contributed by atoms with Gasteiger partial charge in [-0.1, -0.05) is 20.8 Å². The second kappa shape index (κ2) is 14.0. The number of ether oxygens (including phenoxy) is 1.